The molecule has 3 atom stereocenters. The molecule has 1 amide bonds. The number of fused-ring (bicyclic) bond motifs is 1. The van der Waals surface area contributed by atoms with Gasteiger partial charge >= 0.3 is 5.97 Å². The Labute approximate surface area is 155 Å². The van der Waals surface area contributed by atoms with E-state index in [9.17, 15) is 9.59 Å². The molecule has 3 unspecified atom stereocenters. The van der Waals surface area contributed by atoms with E-state index in [0.717, 1.165) is 25.9 Å². The summed E-state index contributed by atoms with van der Waals surface area (Å²) in [5.74, 6) is -0.188. The summed E-state index contributed by atoms with van der Waals surface area (Å²) in [7, 11) is 1.64. The average molecular weight is 365 g/mol. The van der Waals surface area contributed by atoms with Crippen molar-refractivity contribution < 1.29 is 23.8 Å². The molecule has 6 nitrogen and oxygen atoms in total. The summed E-state index contributed by atoms with van der Waals surface area (Å²) in [6, 6.07) is 0. The monoisotopic (exact) mass is 365 g/mol. The van der Waals surface area contributed by atoms with E-state index < -0.39 is 5.97 Å². The van der Waals surface area contributed by atoms with Crippen molar-refractivity contribution in [2.45, 2.75) is 63.6 Å². The molecule has 1 aliphatic heterocycles. The van der Waals surface area contributed by atoms with Crippen molar-refractivity contribution in [2.24, 2.45) is 11.8 Å². The lowest BCUT2D eigenvalue weighted by atomic mass is 9.81. The third-order valence-corrected chi connectivity index (χ3v) is 5.82. The van der Waals surface area contributed by atoms with E-state index in [-0.39, 0.29) is 29.6 Å². The van der Waals surface area contributed by atoms with Gasteiger partial charge in [-0.25, -0.2) is 4.79 Å². The van der Waals surface area contributed by atoms with Gasteiger partial charge in [-0.2, -0.15) is 0 Å². The Morgan fingerprint density at radius 1 is 1.19 bits per heavy atom. The van der Waals surface area contributed by atoms with Gasteiger partial charge in [-0.05, 0) is 38.0 Å². The predicted octanol–water partition coefficient (Wildman–Crippen LogP) is 2.37. The molecule has 26 heavy (non-hydrogen) atoms. The third kappa shape index (κ3) is 4.86. The quantitative estimate of drug-likeness (QED) is 0.426. The Kier molecular flexibility index (Phi) is 7.08. The van der Waals surface area contributed by atoms with Crippen LogP contribution in [0.25, 0.3) is 0 Å². The number of carbonyl (C=O) groups is 2. The molecule has 0 aromatic heterocycles. The Balaban J connectivity index is 1.42. The average Bonchev–Trinajstić information content (AvgIpc) is 2.67. The molecule has 0 bridgehead atoms. The molecular weight excluding hydrogens is 334 g/mol. The molecule has 0 radical (unpaired) electrons. The molecule has 3 rings (SSSR count). The first kappa shape index (κ1) is 19.4. The number of nitrogens with one attached hydrogen (secondary N) is 1. The van der Waals surface area contributed by atoms with Gasteiger partial charge in [0.2, 0.25) is 0 Å². The molecule has 146 valence electrons. The van der Waals surface area contributed by atoms with Gasteiger partial charge in [0.1, 0.15) is 11.7 Å². The van der Waals surface area contributed by atoms with Crippen molar-refractivity contribution in [3.05, 3.63) is 11.6 Å². The van der Waals surface area contributed by atoms with Crippen LogP contribution < -0.4 is 5.32 Å². The number of esters is 1. The van der Waals surface area contributed by atoms with E-state index in [1.54, 1.807) is 13.2 Å². The number of hydrogen-bond donors (Lipinski definition) is 1. The predicted molar refractivity (Wildman–Crippen MR) is 96.5 cm³/mol. The van der Waals surface area contributed by atoms with Crippen molar-refractivity contribution in [1.82, 2.24) is 5.32 Å². The van der Waals surface area contributed by atoms with Gasteiger partial charge in [-0.3, -0.25) is 4.79 Å². The number of amides is 1. The molecule has 3 aliphatic rings. The zero-order valence-electron chi connectivity index (χ0n) is 15.7. The van der Waals surface area contributed by atoms with Gasteiger partial charge in [-0.15, -0.1) is 0 Å². The first-order chi connectivity index (χ1) is 12.7. The minimum absolute atomic E-state index is 0.0645. The van der Waals surface area contributed by atoms with Gasteiger partial charge in [0.25, 0.3) is 5.91 Å². The van der Waals surface area contributed by atoms with E-state index in [0.29, 0.717) is 19.1 Å². The highest BCUT2D eigenvalue weighted by Gasteiger charge is 2.41. The van der Waals surface area contributed by atoms with Crippen molar-refractivity contribution in [3.8, 4) is 0 Å². The largest absolute Gasteiger partial charge is 0.455 e. The lowest BCUT2D eigenvalue weighted by Crippen LogP contribution is -2.46. The van der Waals surface area contributed by atoms with Crippen LogP contribution in [0.3, 0.4) is 0 Å². The van der Waals surface area contributed by atoms with Crippen LogP contribution in [-0.4, -0.2) is 51.0 Å². The fourth-order valence-electron chi connectivity index (χ4n) is 4.33. The molecule has 2 aliphatic carbocycles. The Morgan fingerprint density at radius 2 is 2.00 bits per heavy atom. The SMILES string of the molecule is COC1CCCC2C=C(C(=O)NCCOCC3CCCCC3)C(=O)OC21. The van der Waals surface area contributed by atoms with Crippen LogP contribution in [-0.2, 0) is 23.8 Å². The lowest BCUT2D eigenvalue weighted by molar-refractivity contribution is -0.162. The molecule has 0 aromatic carbocycles. The Bertz CT molecular complexity index is 526. The fraction of sp³-hybridized carbons (Fsp3) is 0.800. The van der Waals surface area contributed by atoms with Crippen LogP contribution in [0, 0.1) is 11.8 Å². The smallest absolute Gasteiger partial charge is 0.343 e. The minimum Gasteiger partial charge on any atom is -0.455 e. The highest BCUT2D eigenvalue weighted by molar-refractivity contribution is 6.16. The summed E-state index contributed by atoms with van der Waals surface area (Å²) in [5.41, 5.74) is 0.121. The van der Waals surface area contributed by atoms with Crippen LogP contribution >= 0.6 is 0 Å². The van der Waals surface area contributed by atoms with Crippen molar-refractivity contribution >= 4 is 11.9 Å². The van der Waals surface area contributed by atoms with Crippen LogP contribution in [0.15, 0.2) is 11.6 Å². The first-order valence-corrected chi connectivity index (χ1v) is 10.0. The van der Waals surface area contributed by atoms with Crippen molar-refractivity contribution in [2.75, 3.05) is 26.9 Å². The Morgan fingerprint density at radius 3 is 2.77 bits per heavy atom. The minimum atomic E-state index is -0.546. The van der Waals surface area contributed by atoms with E-state index in [4.69, 9.17) is 14.2 Å². The molecular formula is C20H31NO5. The third-order valence-electron chi connectivity index (χ3n) is 5.82. The maximum atomic E-state index is 12.3. The summed E-state index contributed by atoms with van der Waals surface area (Å²) < 4.78 is 16.6. The second-order valence-electron chi connectivity index (χ2n) is 7.65. The molecule has 0 aromatic rings. The summed E-state index contributed by atoms with van der Waals surface area (Å²) in [5, 5.41) is 2.78. The van der Waals surface area contributed by atoms with E-state index >= 15 is 0 Å². The molecule has 1 N–H and O–H groups in total. The van der Waals surface area contributed by atoms with Gasteiger partial charge in [0.15, 0.2) is 0 Å². The second kappa shape index (κ2) is 9.51. The van der Waals surface area contributed by atoms with E-state index in [2.05, 4.69) is 5.32 Å². The van der Waals surface area contributed by atoms with Gasteiger partial charge in [-0.1, -0.05) is 25.3 Å². The van der Waals surface area contributed by atoms with Crippen LogP contribution in [0.2, 0.25) is 0 Å². The maximum absolute atomic E-state index is 12.3. The van der Waals surface area contributed by atoms with Crippen LogP contribution in [0.1, 0.15) is 51.4 Å². The zero-order chi connectivity index (χ0) is 18.4. The fourth-order valence-corrected chi connectivity index (χ4v) is 4.33. The summed E-state index contributed by atoms with van der Waals surface area (Å²) in [6.07, 6.45) is 10.7. The highest BCUT2D eigenvalue weighted by atomic mass is 16.6. The highest BCUT2D eigenvalue weighted by Crippen LogP contribution is 2.34. The lowest BCUT2D eigenvalue weighted by Gasteiger charge is -2.38. The van der Waals surface area contributed by atoms with Crippen LogP contribution in [0.5, 0.6) is 0 Å². The summed E-state index contributed by atoms with van der Waals surface area (Å²) in [6.45, 7) is 1.65. The number of methoxy groups -OCH3 is 1. The molecule has 1 heterocycles. The molecule has 6 heteroatoms. The number of carbonyl (C=O) groups excluding carboxylic acids is 2. The maximum Gasteiger partial charge on any atom is 0.343 e. The van der Waals surface area contributed by atoms with E-state index in [1.165, 1.54) is 32.1 Å². The second-order valence-corrected chi connectivity index (χ2v) is 7.65. The number of ether oxygens (including phenoxy) is 3. The first-order valence-electron chi connectivity index (χ1n) is 10.0. The van der Waals surface area contributed by atoms with Crippen LogP contribution in [0.4, 0.5) is 0 Å². The molecule has 2 fully saturated rings. The standard InChI is InChI=1S/C20H31NO5/c1-24-17-9-5-8-15-12-16(20(23)26-18(15)17)19(22)21-10-11-25-13-14-6-3-2-4-7-14/h12,14-15,17-18H,2-11,13H2,1H3,(H,21,22). The topological polar surface area (TPSA) is 73.9 Å². The van der Waals surface area contributed by atoms with E-state index in [1.807, 2.05) is 0 Å². The van der Waals surface area contributed by atoms with Gasteiger partial charge in [0, 0.05) is 26.2 Å². The van der Waals surface area contributed by atoms with Gasteiger partial charge < -0.3 is 19.5 Å². The van der Waals surface area contributed by atoms with Crippen molar-refractivity contribution in [3.63, 3.8) is 0 Å². The molecule has 0 spiro atoms. The zero-order valence-corrected chi connectivity index (χ0v) is 15.7. The summed E-state index contributed by atoms with van der Waals surface area (Å²) >= 11 is 0. The van der Waals surface area contributed by atoms with Crippen molar-refractivity contribution in [1.29, 1.82) is 0 Å². The number of rotatable bonds is 7. The number of hydrogen-bond acceptors (Lipinski definition) is 5. The van der Waals surface area contributed by atoms with Gasteiger partial charge in [0.05, 0.1) is 12.7 Å². The Hall–Kier alpha value is -1.40. The normalized spacial score (nSPS) is 29.5. The summed E-state index contributed by atoms with van der Waals surface area (Å²) in [4.78, 5) is 24.5. The molecule has 2 saturated carbocycles. The molecule has 0 saturated heterocycles.